The molecule has 0 spiro atoms. The first kappa shape index (κ1) is 14.9. The molecule has 1 aliphatic rings. The average Bonchev–Trinajstić information content (AvgIpc) is 2.37. The van der Waals surface area contributed by atoms with Crippen LogP contribution in [-0.2, 0) is 9.59 Å². The van der Waals surface area contributed by atoms with Crippen molar-refractivity contribution in [3.05, 3.63) is 24.3 Å². The van der Waals surface area contributed by atoms with Crippen LogP contribution in [0.25, 0.3) is 0 Å². The molecule has 0 aromatic heterocycles. The number of para-hydroxylation sites is 1. The van der Waals surface area contributed by atoms with Gasteiger partial charge in [-0.2, -0.15) is 0 Å². The Labute approximate surface area is 123 Å². The molecule has 20 heavy (non-hydrogen) atoms. The van der Waals surface area contributed by atoms with E-state index in [4.69, 9.17) is 0 Å². The lowest BCUT2D eigenvalue weighted by Crippen LogP contribution is -2.52. The molecule has 0 saturated carbocycles. The number of rotatable bonds is 5. The number of carbonyl (C=O) groups is 2. The standard InChI is InChI=1S/C14H19N3O2S/c1-17(14(19)10-7-15-8-10)9-13(18)16-11-5-3-4-6-12(11)20-2/h3-6,10,15H,7-9H2,1-2H3,(H,16,18). The molecule has 0 radical (unpaired) electrons. The van der Waals surface area contributed by atoms with Crippen molar-refractivity contribution >= 4 is 29.3 Å². The van der Waals surface area contributed by atoms with E-state index >= 15 is 0 Å². The number of nitrogens with zero attached hydrogens (tertiary/aromatic N) is 1. The minimum atomic E-state index is -0.172. The molecular weight excluding hydrogens is 274 g/mol. The Balaban J connectivity index is 1.90. The Hall–Kier alpha value is -1.53. The highest BCUT2D eigenvalue weighted by molar-refractivity contribution is 7.98. The summed E-state index contributed by atoms with van der Waals surface area (Å²) in [5.41, 5.74) is 0.788. The quantitative estimate of drug-likeness (QED) is 0.796. The van der Waals surface area contributed by atoms with Crippen molar-refractivity contribution in [2.75, 3.05) is 38.3 Å². The van der Waals surface area contributed by atoms with Gasteiger partial charge in [0.15, 0.2) is 0 Å². The van der Waals surface area contributed by atoms with Crippen LogP contribution in [0.2, 0.25) is 0 Å². The van der Waals surface area contributed by atoms with Crippen molar-refractivity contribution in [2.24, 2.45) is 5.92 Å². The lowest BCUT2D eigenvalue weighted by Gasteiger charge is -2.30. The van der Waals surface area contributed by atoms with E-state index < -0.39 is 0 Å². The van der Waals surface area contributed by atoms with Gasteiger partial charge >= 0.3 is 0 Å². The third-order valence-electron chi connectivity index (χ3n) is 3.27. The van der Waals surface area contributed by atoms with Crippen molar-refractivity contribution in [1.82, 2.24) is 10.2 Å². The number of amides is 2. The predicted molar refractivity (Wildman–Crippen MR) is 80.8 cm³/mol. The highest BCUT2D eigenvalue weighted by Gasteiger charge is 2.28. The number of benzene rings is 1. The number of anilines is 1. The van der Waals surface area contributed by atoms with Gasteiger partial charge in [-0.3, -0.25) is 9.59 Å². The van der Waals surface area contributed by atoms with Gasteiger partial charge in [0.2, 0.25) is 11.8 Å². The summed E-state index contributed by atoms with van der Waals surface area (Å²) in [5.74, 6) is -0.127. The normalized spacial score (nSPS) is 14.5. The Bertz CT molecular complexity index is 503. The van der Waals surface area contributed by atoms with Gasteiger partial charge in [-0.15, -0.1) is 11.8 Å². The zero-order chi connectivity index (χ0) is 14.5. The molecule has 6 heteroatoms. The Morgan fingerprint density at radius 3 is 2.70 bits per heavy atom. The van der Waals surface area contributed by atoms with Crippen molar-refractivity contribution in [3.8, 4) is 0 Å². The highest BCUT2D eigenvalue weighted by atomic mass is 32.2. The molecule has 1 aliphatic heterocycles. The first-order valence-electron chi connectivity index (χ1n) is 6.50. The van der Waals surface area contributed by atoms with Crippen LogP contribution in [0.5, 0.6) is 0 Å². The van der Waals surface area contributed by atoms with Crippen LogP contribution < -0.4 is 10.6 Å². The molecule has 1 heterocycles. The van der Waals surface area contributed by atoms with Crippen LogP contribution in [-0.4, -0.2) is 49.7 Å². The molecule has 0 atom stereocenters. The van der Waals surface area contributed by atoms with Crippen LogP contribution >= 0.6 is 11.8 Å². The van der Waals surface area contributed by atoms with Gasteiger partial charge in [0.1, 0.15) is 0 Å². The number of likely N-dealkylation sites (N-methyl/N-ethyl adjacent to an activating group) is 1. The van der Waals surface area contributed by atoms with Crippen molar-refractivity contribution in [2.45, 2.75) is 4.90 Å². The van der Waals surface area contributed by atoms with Gasteiger partial charge in [0, 0.05) is 25.0 Å². The number of hydrogen-bond donors (Lipinski definition) is 2. The molecule has 108 valence electrons. The molecule has 2 N–H and O–H groups in total. The summed E-state index contributed by atoms with van der Waals surface area (Å²) in [6, 6.07) is 7.63. The molecule has 5 nitrogen and oxygen atoms in total. The molecule has 1 aromatic rings. The minimum absolute atomic E-state index is 0.0197. The third kappa shape index (κ3) is 3.52. The fraction of sp³-hybridized carbons (Fsp3) is 0.429. The van der Waals surface area contributed by atoms with E-state index in [1.165, 1.54) is 4.90 Å². The molecule has 0 aliphatic carbocycles. The Morgan fingerprint density at radius 1 is 1.40 bits per heavy atom. The number of hydrogen-bond acceptors (Lipinski definition) is 4. The lowest BCUT2D eigenvalue weighted by atomic mass is 10.0. The second-order valence-corrected chi connectivity index (χ2v) is 5.65. The minimum Gasteiger partial charge on any atom is -0.336 e. The van der Waals surface area contributed by atoms with Gasteiger partial charge < -0.3 is 15.5 Å². The average molecular weight is 293 g/mol. The van der Waals surface area contributed by atoms with Crippen molar-refractivity contribution in [3.63, 3.8) is 0 Å². The maximum Gasteiger partial charge on any atom is 0.244 e. The Kier molecular flexibility index (Phi) is 5.03. The van der Waals surface area contributed by atoms with Crippen molar-refractivity contribution in [1.29, 1.82) is 0 Å². The first-order chi connectivity index (χ1) is 9.61. The summed E-state index contributed by atoms with van der Waals surface area (Å²) >= 11 is 1.58. The van der Waals surface area contributed by atoms with Crippen LogP contribution in [0.4, 0.5) is 5.69 Å². The topological polar surface area (TPSA) is 61.4 Å². The molecule has 1 fully saturated rings. The lowest BCUT2D eigenvalue weighted by molar-refractivity contribution is -0.138. The summed E-state index contributed by atoms with van der Waals surface area (Å²) in [6.07, 6.45) is 1.96. The fourth-order valence-corrected chi connectivity index (χ4v) is 2.56. The van der Waals surface area contributed by atoms with E-state index in [1.807, 2.05) is 30.5 Å². The predicted octanol–water partition coefficient (Wildman–Crippen LogP) is 1.02. The van der Waals surface area contributed by atoms with Crippen LogP contribution in [0, 0.1) is 5.92 Å². The van der Waals surface area contributed by atoms with Gasteiger partial charge in [-0.25, -0.2) is 0 Å². The highest BCUT2D eigenvalue weighted by Crippen LogP contribution is 2.24. The van der Waals surface area contributed by atoms with Gasteiger partial charge in [0.25, 0.3) is 0 Å². The Morgan fingerprint density at radius 2 is 2.10 bits per heavy atom. The summed E-state index contributed by atoms with van der Waals surface area (Å²) in [5, 5.41) is 5.91. The van der Waals surface area contributed by atoms with E-state index in [1.54, 1.807) is 18.8 Å². The first-order valence-corrected chi connectivity index (χ1v) is 7.73. The zero-order valence-electron chi connectivity index (χ0n) is 11.7. The molecule has 2 rings (SSSR count). The van der Waals surface area contributed by atoms with Crippen LogP contribution in [0.1, 0.15) is 0 Å². The molecule has 2 amide bonds. The summed E-state index contributed by atoms with van der Waals surface area (Å²) in [4.78, 5) is 26.4. The third-order valence-corrected chi connectivity index (χ3v) is 4.06. The van der Waals surface area contributed by atoms with Gasteiger partial charge in [-0.05, 0) is 18.4 Å². The largest absolute Gasteiger partial charge is 0.336 e. The fourth-order valence-electron chi connectivity index (χ4n) is 2.01. The van der Waals surface area contributed by atoms with E-state index in [2.05, 4.69) is 10.6 Å². The van der Waals surface area contributed by atoms with Crippen molar-refractivity contribution < 1.29 is 9.59 Å². The second-order valence-electron chi connectivity index (χ2n) is 4.80. The van der Waals surface area contributed by atoms with Gasteiger partial charge in [0.05, 0.1) is 18.2 Å². The maximum atomic E-state index is 12.0. The smallest absolute Gasteiger partial charge is 0.244 e. The van der Waals surface area contributed by atoms with E-state index in [9.17, 15) is 9.59 Å². The maximum absolute atomic E-state index is 12.0. The summed E-state index contributed by atoms with van der Waals surface area (Å²) in [7, 11) is 1.67. The van der Waals surface area contributed by atoms with Gasteiger partial charge in [-0.1, -0.05) is 12.1 Å². The molecule has 0 bridgehead atoms. The number of carbonyl (C=O) groups excluding carboxylic acids is 2. The summed E-state index contributed by atoms with van der Waals surface area (Å²) in [6.45, 7) is 1.50. The zero-order valence-corrected chi connectivity index (χ0v) is 12.5. The van der Waals surface area contributed by atoms with Crippen LogP contribution in [0.15, 0.2) is 29.2 Å². The van der Waals surface area contributed by atoms with E-state index in [0.717, 1.165) is 10.6 Å². The summed E-state index contributed by atoms with van der Waals surface area (Å²) < 4.78 is 0. The molecule has 0 unspecified atom stereocenters. The molecule has 1 aromatic carbocycles. The second kappa shape index (κ2) is 6.76. The molecule has 1 saturated heterocycles. The van der Waals surface area contributed by atoms with E-state index in [0.29, 0.717) is 13.1 Å². The molecular formula is C14H19N3O2S. The number of nitrogens with one attached hydrogen (secondary N) is 2. The number of thioether (sulfide) groups is 1. The SMILES string of the molecule is CSc1ccccc1NC(=O)CN(C)C(=O)C1CNC1. The van der Waals surface area contributed by atoms with Crippen LogP contribution in [0.3, 0.4) is 0 Å². The van der Waals surface area contributed by atoms with E-state index in [-0.39, 0.29) is 24.3 Å². The monoisotopic (exact) mass is 293 g/mol.